The number of rotatable bonds is 10. The fraction of sp³-hybridized carbons (Fsp3) is 0.310. The number of sulfonamides is 1. The molecule has 0 heterocycles. The number of amides is 2. The van der Waals surface area contributed by atoms with Gasteiger partial charge in [0, 0.05) is 22.6 Å². The minimum Gasteiger partial charge on any atom is -0.352 e. The largest absolute Gasteiger partial charge is 0.352 e. The monoisotopic (exact) mass is 587 g/mol. The molecule has 206 valence electrons. The molecule has 1 aliphatic rings. The van der Waals surface area contributed by atoms with Crippen LogP contribution in [0, 0.1) is 0 Å². The SMILES string of the molecule is C[C@H](C(=O)NC1CCCC1)N(Cc1ccccc1)C(=O)CN(c1cc(Cl)cc(Cl)c1)S(=O)(=O)c1ccccc1. The number of halogens is 2. The van der Waals surface area contributed by atoms with Crippen molar-refractivity contribution in [3.63, 3.8) is 0 Å². The maximum Gasteiger partial charge on any atom is 0.264 e. The highest BCUT2D eigenvalue weighted by molar-refractivity contribution is 7.92. The van der Waals surface area contributed by atoms with Crippen LogP contribution in [-0.2, 0) is 26.2 Å². The van der Waals surface area contributed by atoms with Gasteiger partial charge in [-0.05, 0) is 55.7 Å². The molecule has 2 amide bonds. The summed E-state index contributed by atoms with van der Waals surface area (Å²) in [5.74, 6) is -0.807. The lowest BCUT2D eigenvalue weighted by Gasteiger charge is -2.32. The Bertz CT molecular complexity index is 1380. The van der Waals surface area contributed by atoms with E-state index in [4.69, 9.17) is 23.2 Å². The molecule has 1 N–H and O–H groups in total. The smallest absolute Gasteiger partial charge is 0.264 e. The van der Waals surface area contributed by atoms with Gasteiger partial charge in [-0.2, -0.15) is 0 Å². The van der Waals surface area contributed by atoms with E-state index in [1.54, 1.807) is 25.1 Å². The number of nitrogens with zero attached hydrogens (tertiary/aromatic N) is 2. The fourth-order valence-electron chi connectivity index (χ4n) is 4.69. The van der Waals surface area contributed by atoms with Gasteiger partial charge in [-0.15, -0.1) is 0 Å². The molecule has 3 aromatic carbocycles. The van der Waals surface area contributed by atoms with E-state index < -0.39 is 28.5 Å². The average Bonchev–Trinajstić information content (AvgIpc) is 3.43. The van der Waals surface area contributed by atoms with Crippen molar-refractivity contribution in [1.82, 2.24) is 10.2 Å². The number of carbonyl (C=O) groups excluding carboxylic acids is 2. The summed E-state index contributed by atoms with van der Waals surface area (Å²) < 4.78 is 28.6. The molecule has 0 aliphatic heterocycles. The van der Waals surface area contributed by atoms with Crippen molar-refractivity contribution >= 4 is 50.7 Å². The maximum atomic E-state index is 13.9. The number of hydrogen-bond acceptors (Lipinski definition) is 4. The number of nitrogens with one attached hydrogen (secondary N) is 1. The van der Waals surface area contributed by atoms with Gasteiger partial charge in [0.25, 0.3) is 10.0 Å². The molecule has 1 fully saturated rings. The average molecular weight is 589 g/mol. The molecule has 1 atom stereocenters. The van der Waals surface area contributed by atoms with E-state index in [9.17, 15) is 18.0 Å². The molecule has 0 bridgehead atoms. The molecular formula is C29H31Cl2N3O4S. The second-order valence-electron chi connectivity index (χ2n) is 9.63. The molecule has 0 unspecified atom stereocenters. The minimum atomic E-state index is -4.19. The summed E-state index contributed by atoms with van der Waals surface area (Å²) in [6.45, 7) is 1.24. The van der Waals surface area contributed by atoms with Gasteiger partial charge in [0.05, 0.1) is 10.6 Å². The van der Waals surface area contributed by atoms with Crippen molar-refractivity contribution in [2.24, 2.45) is 0 Å². The van der Waals surface area contributed by atoms with E-state index >= 15 is 0 Å². The minimum absolute atomic E-state index is 0.00975. The van der Waals surface area contributed by atoms with Crippen LogP contribution in [-0.4, -0.2) is 43.8 Å². The summed E-state index contributed by atoms with van der Waals surface area (Å²) in [6.07, 6.45) is 3.93. The van der Waals surface area contributed by atoms with E-state index in [1.165, 1.54) is 35.2 Å². The lowest BCUT2D eigenvalue weighted by atomic mass is 10.1. The maximum absolute atomic E-state index is 13.9. The Morgan fingerprint density at radius 2 is 1.49 bits per heavy atom. The first-order chi connectivity index (χ1) is 18.6. The van der Waals surface area contributed by atoms with Gasteiger partial charge in [0.15, 0.2) is 0 Å². The molecule has 0 saturated heterocycles. The molecule has 1 aliphatic carbocycles. The summed E-state index contributed by atoms with van der Waals surface area (Å²) >= 11 is 12.4. The van der Waals surface area contributed by atoms with Gasteiger partial charge < -0.3 is 10.2 Å². The van der Waals surface area contributed by atoms with Crippen LogP contribution in [0.15, 0.2) is 83.8 Å². The third-order valence-electron chi connectivity index (χ3n) is 6.81. The standard InChI is InChI=1S/C29H31Cl2N3O4S/c1-21(29(36)32-25-12-8-9-13-25)33(19-22-10-4-2-5-11-22)28(35)20-34(26-17-23(30)16-24(31)18-26)39(37,38)27-14-6-3-7-15-27/h2-7,10-11,14-18,21,25H,8-9,12-13,19-20H2,1H3,(H,32,36)/t21-/m1/s1. The summed E-state index contributed by atoms with van der Waals surface area (Å²) in [7, 11) is -4.19. The van der Waals surface area contributed by atoms with Crippen LogP contribution in [0.1, 0.15) is 38.2 Å². The number of carbonyl (C=O) groups is 2. The second-order valence-corrected chi connectivity index (χ2v) is 12.4. The fourth-order valence-corrected chi connectivity index (χ4v) is 6.62. The van der Waals surface area contributed by atoms with Crippen LogP contribution in [0.2, 0.25) is 10.0 Å². The zero-order chi connectivity index (χ0) is 28.0. The highest BCUT2D eigenvalue weighted by atomic mass is 35.5. The van der Waals surface area contributed by atoms with Crippen molar-refractivity contribution < 1.29 is 18.0 Å². The van der Waals surface area contributed by atoms with Crippen LogP contribution >= 0.6 is 23.2 Å². The van der Waals surface area contributed by atoms with Gasteiger partial charge in [0.1, 0.15) is 12.6 Å². The normalized spacial score (nSPS) is 14.5. The first-order valence-electron chi connectivity index (χ1n) is 12.8. The van der Waals surface area contributed by atoms with Gasteiger partial charge in [0.2, 0.25) is 11.8 Å². The van der Waals surface area contributed by atoms with Crippen LogP contribution in [0.5, 0.6) is 0 Å². The summed E-state index contributed by atoms with van der Waals surface area (Å²) in [5.41, 5.74) is 0.960. The number of benzene rings is 3. The van der Waals surface area contributed by atoms with Gasteiger partial charge in [-0.3, -0.25) is 13.9 Å². The third-order valence-corrected chi connectivity index (χ3v) is 9.03. The summed E-state index contributed by atoms with van der Waals surface area (Å²) in [4.78, 5) is 28.6. The lowest BCUT2D eigenvalue weighted by Crippen LogP contribution is -2.52. The van der Waals surface area contributed by atoms with Gasteiger partial charge in [-0.25, -0.2) is 8.42 Å². The molecule has 0 radical (unpaired) electrons. The molecule has 1 saturated carbocycles. The number of anilines is 1. The van der Waals surface area contributed by atoms with Crippen LogP contribution < -0.4 is 9.62 Å². The first-order valence-corrected chi connectivity index (χ1v) is 15.0. The van der Waals surface area contributed by atoms with Crippen molar-refractivity contribution in [3.8, 4) is 0 Å². The summed E-state index contributed by atoms with van der Waals surface area (Å²) in [6, 6.07) is 20.7. The Labute approximate surface area is 239 Å². The topological polar surface area (TPSA) is 86.8 Å². The molecule has 7 nitrogen and oxygen atoms in total. The zero-order valence-corrected chi connectivity index (χ0v) is 23.9. The van der Waals surface area contributed by atoms with E-state index in [0.29, 0.717) is 0 Å². The van der Waals surface area contributed by atoms with Crippen molar-refractivity contribution in [2.45, 2.75) is 56.1 Å². The molecular weight excluding hydrogens is 557 g/mol. The highest BCUT2D eigenvalue weighted by Gasteiger charge is 2.33. The van der Waals surface area contributed by atoms with Gasteiger partial charge in [-0.1, -0.05) is 84.6 Å². The lowest BCUT2D eigenvalue weighted by molar-refractivity contribution is -0.139. The van der Waals surface area contributed by atoms with E-state index in [2.05, 4.69) is 5.32 Å². The Kier molecular flexibility index (Phi) is 9.53. The van der Waals surface area contributed by atoms with Crippen molar-refractivity contribution in [1.29, 1.82) is 0 Å². The zero-order valence-electron chi connectivity index (χ0n) is 21.6. The molecule has 4 rings (SSSR count). The van der Waals surface area contributed by atoms with Crippen LogP contribution in [0.4, 0.5) is 5.69 Å². The Morgan fingerprint density at radius 1 is 0.923 bits per heavy atom. The first kappa shape index (κ1) is 28.9. The summed E-state index contributed by atoms with van der Waals surface area (Å²) in [5, 5.41) is 3.51. The van der Waals surface area contributed by atoms with Crippen LogP contribution in [0.3, 0.4) is 0 Å². The predicted molar refractivity (Wildman–Crippen MR) is 154 cm³/mol. The van der Waals surface area contributed by atoms with Gasteiger partial charge >= 0.3 is 0 Å². The molecule has 10 heteroatoms. The Hall–Kier alpha value is -3.07. The quantitative estimate of drug-likeness (QED) is 0.331. The van der Waals surface area contributed by atoms with E-state index in [-0.39, 0.29) is 39.1 Å². The molecule has 3 aromatic rings. The third kappa shape index (κ3) is 7.32. The van der Waals surface area contributed by atoms with E-state index in [0.717, 1.165) is 35.6 Å². The highest BCUT2D eigenvalue weighted by Crippen LogP contribution is 2.30. The molecule has 0 spiro atoms. The Morgan fingerprint density at radius 3 is 2.08 bits per heavy atom. The van der Waals surface area contributed by atoms with Crippen molar-refractivity contribution in [2.75, 3.05) is 10.8 Å². The van der Waals surface area contributed by atoms with Crippen molar-refractivity contribution in [3.05, 3.63) is 94.5 Å². The molecule has 0 aromatic heterocycles. The predicted octanol–water partition coefficient (Wildman–Crippen LogP) is 5.66. The molecule has 39 heavy (non-hydrogen) atoms. The van der Waals surface area contributed by atoms with Crippen LogP contribution in [0.25, 0.3) is 0 Å². The van der Waals surface area contributed by atoms with E-state index in [1.807, 2.05) is 30.3 Å². The number of hydrogen-bond donors (Lipinski definition) is 1. The Balaban J connectivity index is 1.69. The second kappa shape index (κ2) is 12.9.